The molecular formula is C20H22ClFN4O. The molecule has 7 heteroatoms. The third-order valence-electron chi connectivity index (χ3n) is 6.14. The van der Waals surface area contributed by atoms with Gasteiger partial charge in [-0.05, 0) is 55.0 Å². The molecule has 5 rings (SSSR count). The molecule has 2 saturated heterocycles. The fourth-order valence-electron chi connectivity index (χ4n) is 4.64. The zero-order chi connectivity index (χ0) is 18.4. The van der Waals surface area contributed by atoms with Gasteiger partial charge in [0.15, 0.2) is 0 Å². The predicted octanol–water partition coefficient (Wildman–Crippen LogP) is 3.46. The van der Waals surface area contributed by atoms with E-state index in [0.29, 0.717) is 28.4 Å². The van der Waals surface area contributed by atoms with Gasteiger partial charge in [-0.1, -0.05) is 11.6 Å². The number of halogens is 2. The number of anilines is 1. The van der Waals surface area contributed by atoms with Gasteiger partial charge in [0.25, 0.3) is 0 Å². The van der Waals surface area contributed by atoms with Crippen LogP contribution in [0.25, 0.3) is 11.3 Å². The molecule has 3 heterocycles. The highest BCUT2D eigenvalue weighted by atomic mass is 35.5. The summed E-state index contributed by atoms with van der Waals surface area (Å²) in [5.41, 5.74) is 1.14. The normalized spacial score (nSPS) is 28.1. The van der Waals surface area contributed by atoms with E-state index in [1.54, 1.807) is 0 Å². The molecule has 0 bridgehead atoms. The van der Waals surface area contributed by atoms with E-state index >= 15 is 0 Å². The van der Waals surface area contributed by atoms with Crippen molar-refractivity contribution in [3.8, 4) is 11.3 Å². The van der Waals surface area contributed by atoms with Crippen molar-refractivity contribution in [2.45, 2.75) is 24.9 Å². The van der Waals surface area contributed by atoms with Crippen molar-refractivity contribution in [3.63, 3.8) is 0 Å². The lowest BCUT2D eigenvalue weighted by molar-refractivity contribution is -0.0594. The number of hydrogen-bond donors (Lipinski definition) is 1. The minimum absolute atomic E-state index is 0.335. The Morgan fingerprint density at radius 3 is 2.48 bits per heavy atom. The number of likely N-dealkylation sites (tertiary alicyclic amines) is 1. The Morgan fingerprint density at radius 2 is 1.85 bits per heavy atom. The number of benzene rings is 1. The Bertz CT molecular complexity index is 815. The van der Waals surface area contributed by atoms with Crippen molar-refractivity contribution in [1.82, 2.24) is 15.1 Å². The van der Waals surface area contributed by atoms with E-state index in [4.69, 9.17) is 16.3 Å². The van der Waals surface area contributed by atoms with E-state index in [0.717, 1.165) is 30.9 Å². The lowest BCUT2D eigenvalue weighted by Gasteiger charge is -2.35. The minimum atomic E-state index is -0.335. The number of ether oxygens (including phenoxy) is 1. The summed E-state index contributed by atoms with van der Waals surface area (Å²) < 4.78 is 18.8. The summed E-state index contributed by atoms with van der Waals surface area (Å²) in [6.45, 7) is 4.19. The van der Waals surface area contributed by atoms with Gasteiger partial charge < -0.3 is 10.1 Å². The van der Waals surface area contributed by atoms with Gasteiger partial charge in [0, 0.05) is 24.7 Å². The van der Waals surface area contributed by atoms with Crippen LogP contribution in [0.1, 0.15) is 12.8 Å². The summed E-state index contributed by atoms with van der Waals surface area (Å²) in [5.74, 6) is 1.96. The third kappa shape index (κ3) is 3.42. The molecule has 3 aliphatic rings. The second-order valence-electron chi connectivity index (χ2n) is 7.91. The highest BCUT2D eigenvalue weighted by molar-refractivity contribution is 6.33. The number of aromatic nitrogens is 2. The van der Waals surface area contributed by atoms with Gasteiger partial charge in [-0.3, -0.25) is 4.90 Å². The molecule has 27 heavy (non-hydrogen) atoms. The summed E-state index contributed by atoms with van der Waals surface area (Å²) >= 11 is 6.15. The van der Waals surface area contributed by atoms with Crippen molar-refractivity contribution in [1.29, 1.82) is 0 Å². The quantitative estimate of drug-likeness (QED) is 0.869. The molecule has 1 N–H and O–H groups in total. The first-order valence-corrected chi connectivity index (χ1v) is 9.91. The van der Waals surface area contributed by atoms with E-state index in [-0.39, 0.29) is 5.82 Å². The first-order valence-electron chi connectivity index (χ1n) is 9.53. The highest BCUT2D eigenvalue weighted by Crippen LogP contribution is 2.40. The molecule has 1 aliphatic carbocycles. The Kier molecular flexibility index (Phi) is 4.50. The zero-order valence-corrected chi connectivity index (χ0v) is 15.7. The van der Waals surface area contributed by atoms with E-state index in [1.165, 1.54) is 44.1 Å². The van der Waals surface area contributed by atoms with Crippen molar-refractivity contribution < 1.29 is 9.13 Å². The maximum atomic E-state index is 13.5. The average Bonchev–Trinajstić information content (AvgIpc) is 3.14. The summed E-state index contributed by atoms with van der Waals surface area (Å²) in [6.07, 6.45) is 2.35. The summed E-state index contributed by atoms with van der Waals surface area (Å²) in [4.78, 5) is 2.60. The van der Waals surface area contributed by atoms with E-state index in [9.17, 15) is 4.39 Å². The summed E-state index contributed by atoms with van der Waals surface area (Å²) in [5, 5.41) is 12.5. The van der Waals surface area contributed by atoms with Crippen molar-refractivity contribution in [2.24, 2.45) is 11.8 Å². The van der Waals surface area contributed by atoms with Crippen LogP contribution in [0, 0.1) is 17.7 Å². The van der Waals surface area contributed by atoms with Crippen LogP contribution in [-0.4, -0.2) is 53.5 Å². The Balaban J connectivity index is 1.21. The minimum Gasteiger partial charge on any atom is -0.378 e. The molecule has 1 saturated carbocycles. The molecule has 0 radical (unpaired) electrons. The number of fused-ring (bicyclic) bond motifs is 1. The van der Waals surface area contributed by atoms with Crippen LogP contribution < -0.4 is 5.32 Å². The Hall–Kier alpha value is -1.76. The second kappa shape index (κ2) is 7.00. The molecule has 1 aromatic carbocycles. The maximum absolute atomic E-state index is 13.5. The molecular weight excluding hydrogens is 367 g/mol. The number of hydrogen-bond acceptors (Lipinski definition) is 5. The van der Waals surface area contributed by atoms with Crippen molar-refractivity contribution >= 4 is 17.4 Å². The topological polar surface area (TPSA) is 50.3 Å². The van der Waals surface area contributed by atoms with Crippen molar-refractivity contribution in [3.05, 3.63) is 41.2 Å². The second-order valence-corrected chi connectivity index (χ2v) is 8.31. The van der Waals surface area contributed by atoms with Gasteiger partial charge in [-0.15, -0.1) is 10.2 Å². The van der Waals surface area contributed by atoms with Crippen LogP contribution in [0.4, 0.5) is 10.2 Å². The van der Waals surface area contributed by atoms with Gasteiger partial charge in [-0.25, -0.2) is 4.39 Å². The average molecular weight is 389 g/mol. The standard InChI is InChI=1S/C20H22ClFN4O/c21-18-2-1-14(22)7-17(18)19-3-4-20(25-24-19)23-15-5-12-8-26(9-13(12)6-15)16-10-27-11-16/h1-4,7,12-13,15-16H,5-6,8-11H2,(H,23,25)/t12-,13+,15+. The van der Waals surface area contributed by atoms with Gasteiger partial charge in [0.2, 0.25) is 0 Å². The molecule has 3 atom stereocenters. The summed E-state index contributed by atoms with van der Waals surface area (Å²) in [6, 6.07) is 9.09. The molecule has 2 aromatic rings. The largest absolute Gasteiger partial charge is 0.378 e. The number of nitrogens with zero attached hydrogens (tertiary/aromatic N) is 3. The fourth-order valence-corrected chi connectivity index (χ4v) is 4.86. The number of rotatable bonds is 4. The van der Waals surface area contributed by atoms with Crippen LogP contribution >= 0.6 is 11.6 Å². The molecule has 142 valence electrons. The van der Waals surface area contributed by atoms with E-state index in [1.807, 2.05) is 12.1 Å². The Labute approximate surface area is 162 Å². The molecule has 1 aromatic heterocycles. The molecule has 5 nitrogen and oxygen atoms in total. The van der Waals surface area contributed by atoms with E-state index in [2.05, 4.69) is 20.4 Å². The van der Waals surface area contributed by atoms with Gasteiger partial charge in [-0.2, -0.15) is 0 Å². The summed E-state index contributed by atoms with van der Waals surface area (Å²) in [7, 11) is 0. The van der Waals surface area contributed by atoms with Gasteiger partial charge >= 0.3 is 0 Å². The monoisotopic (exact) mass is 388 g/mol. The lowest BCUT2D eigenvalue weighted by atomic mass is 10.0. The third-order valence-corrected chi connectivity index (χ3v) is 6.47. The molecule has 0 unspecified atom stereocenters. The van der Waals surface area contributed by atoms with Gasteiger partial charge in [0.1, 0.15) is 11.6 Å². The van der Waals surface area contributed by atoms with Crippen LogP contribution in [0.15, 0.2) is 30.3 Å². The van der Waals surface area contributed by atoms with Crippen LogP contribution in [-0.2, 0) is 4.74 Å². The highest BCUT2D eigenvalue weighted by Gasteiger charge is 2.43. The van der Waals surface area contributed by atoms with Crippen LogP contribution in [0.5, 0.6) is 0 Å². The smallest absolute Gasteiger partial charge is 0.148 e. The van der Waals surface area contributed by atoms with Crippen molar-refractivity contribution in [2.75, 3.05) is 31.6 Å². The van der Waals surface area contributed by atoms with E-state index < -0.39 is 0 Å². The predicted molar refractivity (Wildman–Crippen MR) is 102 cm³/mol. The molecule has 2 aliphatic heterocycles. The Morgan fingerprint density at radius 1 is 1.07 bits per heavy atom. The maximum Gasteiger partial charge on any atom is 0.148 e. The van der Waals surface area contributed by atoms with Crippen LogP contribution in [0.2, 0.25) is 5.02 Å². The first kappa shape index (κ1) is 17.3. The van der Waals surface area contributed by atoms with Gasteiger partial charge in [0.05, 0.1) is 30.0 Å². The molecule has 3 fully saturated rings. The molecule has 0 amide bonds. The number of nitrogens with one attached hydrogen (secondary N) is 1. The SMILES string of the molecule is Fc1ccc(Cl)c(-c2ccc(N[C@H]3C[C@@H]4CN(C5COC5)C[C@@H]4C3)nn2)c1. The molecule has 0 spiro atoms. The lowest BCUT2D eigenvalue weighted by Crippen LogP contribution is -2.48. The van der Waals surface area contributed by atoms with Crippen LogP contribution in [0.3, 0.4) is 0 Å². The fraction of sp³-hybridized carbons (Fsp3) is 0.500. The zero-order valence-electron chi connectivity index (χ0n) is 14.9. The first-order chi connectivity index (χ1) is 13.2.